The number of benzene rings is 2. The van der Waals surface area contributed by atoms with E-state index >= 15 is 0 Å². The standard InChI is InChI=1S/C23H25ClN2O2S/c1-16-6-8-17(9-7-16)21(27)14-25(18-10-11-18)15-22(28)26-12-13-29-23(26)19-4-2-3-5-20(19)24/h2-9,18,23H,10-15H2,1H3. The average molecular weight is 429 g/mol. The minimum Gasteiger partial charge on any atom is -0.325 e. The molecule has 1 amide bonds. The Hall–Kier alpha value is -1.82. The van der Waals surface area contributed by atoms with Gasteiger partial charge >= 0.3 is 0 Å². The first kappa shape index (κ1) is 20.5. The van der Waals surface area contributed by atoms with Gasteiger partial charge in [0.2, 0.25) is 5.91 Å². The smallest absolute Gasteiger partial charge is 0.237 e. The number of hydrogen-bond acceptors (Lipinski definition) is 4. The van der Waals surface area contributed by atoms with Crippen molar-refractivity contribution in [1.82, 2.24) is 9.80 Å². The highest BCUT2D eigenvalue weighted by molar-refractivity contribution is 7.99. The highest BCUT2D eigenvalue weighted by atomic mass is 35.5. The summed E-state index contributed by atoms with van der Waals surface area (Å²) in [5.41, 5.74) is 2.83. The predicted molar refractivity (Wildman–Crippen MR) is 118 cm³/mol. The van der Waals surface area contributed by atoms with E-state index < -0.39 is 0 Å². The zero-order chi connectivity index (χ0) is 20.4. The van der Waals surface area contributed by atoms with Gasteiger partial charge in [0, 0.05) is 34.5 Å². The van der Waals surface area contributed by atoms with Crippen LogP contribution < -0.4 is 0 Å². The number of aryl methyl sites for hydroxylation is 1. The summed E-state index contributed by atoms with van der Waals surface area (Å²) in [5, 5.41) is 0.642. The van der Waals surface area contributed by atoms with E-state index in [0.717, 1.165) is 29.7 Å². The van der Waals surface area contributed by atoms with Crippen molar-refractivity contribution < 1.29 is 9.59 Å². The maximum atomic E-state index is 13.2. The second kappa shape index (κ2) is 8.90. The molecule has 1 saturated heterocycles. The van der Waals surface area contributed by atoms with E-state index in [1.807, 2.05) is 60.4 Å². The SMILES string of the molecule is Cc1ccc(C(=O)CN(CC(=O)N2CCSC2c2ccccc2Cl)C2CC2)cc1. The molecule has 0 N–H and O–H groups in total. The van der Waals surface area contributed by atoms with Crippen molar-refractivity contribution in [3.63, 3.8) is 0 Å². The summed E-state index contributed by atoms with van der Waals surface area (Å²) in [4.78, 5) is 29.9. The van der Waals surface area contributed by atoms with Crippen molar-refractivity contribution in [3.05, 3.63) is 70.2 Å². The lowest BCUT2D eigenvalue weighted by atomic mass is 10.1. The summed E-state index contributed by atoms with van der Waals surface area (Å²) in [5.74, 6) is 1.04. The fourth-order valence-corrected chi connectivity index (χ4v) is 5.31. The van der Waals surface area contributed by atoms with Crippen LogP contribution >= 0.6 is 23.4 Å². The van der Waals surface area contributed by atoms with Crippen LogP contribution in [0.4, 0.5) is 0 Å². The lowest BCUT2D eigenvalue weighted by Gasteiger charge is -2.28. The van der Waals surface area contributed by atoms with Crippen LogP contribution in [0.3, 0.4) is 0 Å². The van der Waals surface area contributed by atoms with Gasteiger partial charge in [0.1, 0.15) is 5.37 Å². The van der Waals surface area contributed by atoms with Gasteiger partial charge in [0.15, 0.2) is 5.78 Å². The third kappa shape index (κ3) is 4.85. The summed E-state index contributed by atoms with van der Waals surface area (Å²) in [7, 11) is 0. The summed E-state index contributed by atoms with van der Waals surface area (Å²) in [6, 6.07) is 15.7. The molecule has 0 spiro atoms. The van der Waals surface area contributed by atoms with Crippen LogP contribution in [0.15, 0.2) is 48.5 Å². The molecule has 2 fully saturated rings. The zero-order valence-electron chi connectivity index (χ0n) is 16.5. The van der Waals surface area contributed by atoms with Gasteiger partial charge in [0.05, 0.1) is 13.1 Å². The van der Waals surface area contributed by atoms with E-state index in [1.165, 1.54) is 0 Å². The Balaban J connectivity index is 1.44. The maximum absolute atomic E-state index is 13.2. The monoisotopic (exact) mass is 428 g/mol. The van der Waals surface area contributed by atoms with Crippen molar-refractivity contribution in [1.29, 1.82) is 0 Å². The fourth-order valence-electron chi connectivity index (χ4n) is 3.69. The molecule has 2 aliphatic rings. The molecule has 0 radical (unpaired) electrons. The predicted octanol–water partition coefficient (Wildman–Crippen LogP) is 4.57. The number of rotatable bonds is 7. The minimum atomic E-state index is -0.0509. The molecule has 152 valence electrons. The quantitative estimate of drug-likeness (QED) is 0.606. The van der Waals surface area contributed by atoms with Crippen LogP contribution in [0.1, 0.15) is 39.7 Å². The molecular weight excluding hydrogens is 404 g/mol. The number of Topliss-reactive ketones (excluding diaryl/α,β-unsaturated/α-hetero) is 1. The van der Waals surface area contributed by atoms with E-state index in [4.69, 9.17) is 11.6 Å². The van der Waals surface area contributed by atoms with Crippen LogP contribution in [-0.4, -0.2) is 52.9 Å². The van der Waals surface area contributed by atoms with Crippen LogP contribution in [0, 0.1) is 6.92 Å². The summed E-state index contributed by atoms with van der Waals surface area (Å²) in [6.07, 6.45) is 2.11. The number of ketones is 1. The van der Waals surface area contributed by atoms with Crippen LogP contribution in [-0.2, 0) is 4.79 Å². The van der Waals surface area contributed by atoms with Gasteiger partial charge in [-0.3, -0.25) is 14.5 Å². The van der Waals surface area contributed by atoms with Gasteiger partial charge in [-0.1, -0.05) is 59.6 Å². The molecule has 29 heavy (non-hydrogen) atoms. The molecule has 6 heteroatoms. The van der Waals surface area contributed by atoms with Crippen LogP contribution in [0.2, 0.25) is 5.02 Å². The molecule has 0 bridgehead atoms. The Kier molecular flexibility index (Phi) is 6.28. The van der Waals surface area contributed by atoms with Crippen molar-refractivity contribution in [2.45, 2.75) is 31.2 Å². The third-order valence-corrected chi connectivity index (χ3v) is 7.09. The number of halogens is 1. The number of amides is 1. The van der Waals surface area contributed by atoms with E-state index in [9.17, 15) is 9.59 Å². The molecule has 1 unspecified atom stereocenters. The van der Waals surface area contributed by atoms with Crippen LogP contribution in [0.25, 0.3) is 0 Å². The average Bonchev–Trinajstić information content (AvgIpc) is 3.45. The van der Waals surface area contributed by atoms with Crippen molar-refractivity contribution in [3.8, 4) is 0 Å². The van der Waals surface area contributed by atoms with Gasteiger partial charge in [0.25, 0.3) is 0 Å². The largest absolute Gasteiger partial charge is 0.325 e. The Labute approximate surface area is 181 Å². The first-order chi connectivity index (χ1) is 14.0. The molecule has 1 heterocycles. The van der Waals surface area contributed by atoms with E-state index in [-0.39, 0.29) is 30.2 Å². The number of thioether (sulfide) groups is 1. The van der Waals surface area contributed by atoms with Gasteiger partial charge < -0.3 is 4.90 Å². The number of carbonyl (C=O) groups is 2. The molecule has 1 saturated carbocycles. The van der Waals surface area contributed by atoms with Gasteiger partial charge in [-0.15, -0.1) is 11.8 Å². The first-order valence-electron chi connectivity index (χ1n) is 10.0. The van der Waals surface area contributed by atoms with E-state index in [1.54, 1.807) is 11.8 Å². The highest BCUT2D eigenvalue weighted by Gasteiger charge is 2.36. The van der Waals surface area contributed by atoms with Crippen LogP contribution in [0.5, 0.6) is 0 Å². The maximum Gasteiger partial charge on any atom is 0.237 e. The summed E-state index contributed by atoms with van der Waals surface area (Å²) >= 11 is 8.13. The Morgan fingerprint density at radius 3 is 2.52 bits per heavy atom. The minimum absolute atomic E-state index is 0.0509. The van der Waals surface area contributed by atoms with Gasteiger partial charge in [-0.2, -0.15) is 0 Å². The van der Waals surface area contributed by atoms with Crippen molar-refractivity contribution >= 4 is 35.1 Å². The second-order valence-corrected chi connectivity index (χ2v) is 9.35. The van der Waals surface area contributed by atoms with Gasteiger partial charge in [-0.25, -0.2) is 0 Å². The van der Waals surface area contributed by atoms with E-state index in [2.05, 4.69) is 4.90 Å². The highest BCUT2D eigenvalue weighted by Crippen LogP contribution is 2.41. The van der Waals surface area contributed by atoms with Gasteiger partial charge in [-0.05, 0) is 25.8 Å². The third-order valence-electron chi connectivity index (χ3n) is 5.50. The topological polar surface area (TPSA) is 40.6 Å². The van der Waals surface area contributed by atoms with E-state index in [0.29, 0.717) is 23.2 Å². The Morgan fingerprint density at radius 1 is 1.10 bits per heavy atom. The molecule has 4 nitrogen and oxygen atoms in total. The second-order valence-electron chi connectivity index (χ2n) is 7.76. The van der Waals surface area contributed by atoms with Crippen molar-refractivity contribution in [2.24, 2.45) is 0 Å². The zero-order valence-corrected chi connectivity index (χ0v) is 18.1. The Morgan fingerprint density at radius 2 is 1.83 bits per heavy atom. The number of hydrogen-bond donors (Lipinski definition) is 0. The molecule has 2 aromatic rings. The van der Waals surface area contributed by atoms with Crippen molar-refractivity contribution in [2.75, 3.05) is 25.4 Å². The molecular formula is C23H25ClN2O2S. The molecule has 2 aromatic carbocycles. The Bertz CT molecular complexity index is 898. The summed E-state index contributed by atoms with van der Waals surface area (Å²) in [6.45, 7) is 3.29. The number of carbonyl (C=O) groups excluding carboxylic acids is 2. The first-order valence-corrected chi connectivity index (χ1v) is 11.4. The molecule has 1 aliphatic heterocycles. The fraction of sp³-hybridized carbons (Fsp3) is 0.391. The lowest BCUT2D eigenvalue weighted by Crippen LogP contribution is -2.43. The lowest BCUT2D eigenvalue weighted by molar-refractivity contribution is -0.132. The molecule has 4 rings (SSSR count). The normalized spacial score (nSPS) is 19.0. The number of nitrogens with zero attached hydrogens (tertiary/aromatic N) is 2. The molecule has 1 aliphatic carbocycles. The molecule has 1 atom stereocenters. The molecule has 0 aromatic heterocycles. The summed E-state index contributed by atoms with van der Waals surface area (Å²) < 4.78 is 0.